The SMILES string of the molecule is CC#N.Cc1cc(Cl)nc(Cl)n1.Cc1cc(Cl)nc(N2Cc3ccccc3S2(=O)=O)n1.Cc1cc(Oc2cccnc2)nc(N2Cc3ccccc3S2(=O)=O)n1.O=CO[O-].O=S1(=O)NCc2ccccc21.Oc1cccnc1.[H-].[K+].[K+]. The number of aryl methyl sites for hydroxylation is 3. The van der Waals surface area contributed by atoms with Gasteiger partial charge in [0.25, 0.3) is 26.5 Å². The molecule has 3 aromatic carbocycles. The molecular formula is C49H45Cl3K2N12O11S3. The number of sulfonamides is 3. The fourth-order valence-electron chi connectivity index (χ4n) is 6.70. The van der Waals surface area contributed by atoms with Crippen LogP contribution in [0.5, 0.6) is 17.4 Å². The maximum atomic E-state index is 12.8. The average Bonchev–Trinajstić information content (AvgIpc) is 4.08. The van der Waals surface area contributed by atoms with Gasteiger partial charge in [-0.25, -0.2) is 63.5 Å². The van der Waals surface area contributed by atoms with Crippen molar-refractivity contribution in [2.24, 2.45) is 0 Å². The Morgan fingerprint density at radius 3 is 1.51 bits per heavy atom. The third kappa shape index (κ3) is 20.3. The topological polar surface area (TPSA) is 327 Å². The number of carbonyl (C=O) groups is 1. The monoisotopic (exact) mass is 1260 g/mol. The van der Waals surface area contributed by atoms with E-state index < -0.39 is 30.1 Å². The predicted molar refractivity (Wildman–Crippen MR) is 285 cm³/mol. The van der Waals surface area contributed by atoms with Crippen LogP contribution in [-0.2, 0) is 59.4 Å². The van der Waals surface area contributed by atoms with Crippen LogP contribution in [0.15, 0.2) is 155 Å². The standard InChI is InChI=1S/C17H14N4O3S.C12H10ClN3O2S.C7H7NO2S.C5H4Cl2N2.C5H5NO.C2H3N.CH2O3.2K.H/c1-12-9-16(24-14-6-4-8-18-10-14)20-17(19-12)21-11-13-5-2-3-7-15(13)25(21,22)23;1-8-6-11(13)15-12(14-8)16-7-9-4-2-3-5-10(9)19(16,17)18;9-11(10)7-4-2-1-3-6(7)5-8-11;1-3-2-4(6)9-5(7)8-3;7-5-2-1-3-6-4-5;1-2-3;2-1-4-3;;;/h2-10H,11H2,1H3;2-6H,7H2,1H3;1-4,8H,5H2;2H,1H3;1-4,7H;1H3;1,3H;;;/q;;;;;;;2*+1;-1/p-1. The summed E-state index contributed by atoms with van der Waals surface area (Å²) >= 11 is 16.8. The molecule has 31 heteroatoms. The number of ether oxygens (including phenoxy) is 1. The average molecular weight is 1260 g/mol. The van der Waals surface area contributed by atoms with E-state index in [1.165, 1.54) is 21.7 Å². The number of nitrogens with one attached hydrogen (secondary N) is 1. The molecule has 3 aliphatic heterocycles. The summed E-state index contributed by atoms with van der Waals surface area (Å²) in [5.41, 5.74) is 4.33. The van der Waals surface area contributed by atoms with Crippen LogP contribution in [0.25, 0.3) is 0 Å². The zero-order chi connectivity index (χ0) is 57.0. The van der Waals surface area contributed by atoms with Gasteiger partial charge in [-0.3, -0.25) is 14.8 Å². The molecule has 3 aliphatic rings. The molecule has 5 aromatic heterocycles. The molecule has 0 bridgehead atoms. The van der Waals surface area contributed by atoms with Crippen LogP contribution in [0, 0.1) is 32.1 Å². The van der Waals surface area contributed by atoms with Gasteiger partial charge in [-0.1, -0.05) is 77.8 Å². The van der Waals surface area contributed by atoms with Gasteiger partial charge in [0, 0.05) is 49.0 Å². The number of hydrogen-bond donors (Lipinski definition) is 2. The third-order valence-corrected chi connectivity index (χ3v) is 15.5. The van der Waals surface area contributed by atoms with Crippen LogP contribution in [0.4, 0.5) is 11.9 Å². The van der Waals surface area contributed by atoms with Crippen molar-refractivity contribution in [3.63, 3.8) is 0 Å². The number of aromatic hydroxyl groups is 1. The minimum atomic E-state index is -3.67. The molecule has 0 saturated heterocycles. The molecule has 11 rings (SSSR count). The van der Waals surface area contributed by atoms with Crippen LogP contribution in [-0.4, -0.2) is 76.7 Å². The zero-order valence-corrected chi connectivity index (χ0v) is 54.2. The number of nitriles is 1. The minimum Gasteiger partial charge on any atom is -1.00 e. The number of aromatic nitrogens is 8. The van der Waals surface area contributed by atoms with Crippen molar-refractivity contribution in [3.8, 4) is 23.4 Å². The molecule has 0 spiro atoms. The Morgan fingerprint density at radius 2 is 1.10 bits per heavy atom. The second-order valence-corrected chi connectivity index (χ2v) is 22.0. The van der Waals surface area contributed by atoms with E-state index in [0.29, 0.717) is 38.6 Å². The summed E-state index contributed by atoms with van der Waals surface area (Å²) in [6.07, 6.45) is 6.19. The van der Waals surface area contributed by atoms with Gasteiger partial charge < -0.3 is 21.4 Å². The van der Waals surface area contributed by atoms with E-state index in [2.05, 4.69) is 49.5 Å². The first-order chi connectivity index (χ1) is 37.1. The number of halogens is 3. The van der Waals surface area contributed by atoms with Crippen molar-refractivity contribution in [1.29, 1.82) is 5.26 Å². The number of benzene rings is 3. The van der Waals surface area contributed by atoms with Gasteiger partial charge in [0.2, 0.25) is 33.1 Å². The van der Waals surface area contributed by atoms with Gasteiger partial charge in [-0.15, -0.1) is 0 Å². The predicted octanol–water partition coefficient (Wildman–Crippen LogP) is 1.27. The molecule has 8 aromatic rings. The summed E-state index contributed by atoms with van der Waals surface area (Å²) in [6.45, 7) is 7.43. The largest absolute Gasteiger partial charge is 1.00 e. The molecule has 23 nitrogen and oxygen atoms in total. The molecule has 8 heterocycles. The van der Waals surface area contributed by atoms with Crippen molar-refractivity contribution in [2.45, 2.75) is 62.0 Å². The first-order valence-electron chi connectivity index (χ1n) is 22.2. The minimum absolute atomic E-state index is 0. The molecule has 0 atom stereocenters. The van der Waals surface area contributed by atoms with E-state index in [1.807, 2.05) is 24.3 Å². The van der Waals surface area contributed by atoms with Crippen LogP contribution in [0.1, 0.15) is 42.1 Å². The molecule has 408 valence electrons. The van der Waals surface area contributed by atoms with E-state index in [1.54, 1.807) is 136 Å². The van der Waals surface area contributed by atoms with Gasteiger partial charge in [0.1, 0.15) is 21.8 Å². The summed E-state index contributed by atoms with van der Waals surface area (Å²) in [5.74, 6) is 1.19. The first kappa shape index (κ1) is 69.5. The molecule has 0 amide bonds. The summed E-state index contributed by atoms with van der Waals surface area (Å²) in [5, 5.41) is 25.1. The van der Waals surface area contributed by atoms with Gasteiger partial charge in [-0.05, 0) is 104 Å². The summed E-state index contributed by atoms with van der Waals surface area (Å²) in [4.78, 5) is 44.0. The van der Waals surface area contributed by atoms with E-state index in [-0.39, 0.29) is 163 Å². The summed E-state index contributed by atoms with van der Waals surface area (Å²) in [6, 6.07) is 34.1. The molecule has 80 heavy (non-hydrogen) atoms. The number of anilines is 2. The number of nitrogens with zero attached hydrogens (tertiary/aromatic N) is 11. The zero-order valence-electron chi connectivity index (χ0n) is 44.3. The second kappa shape index (κ2) is 33.4. The van der Waals surface area contributed by atoms with Gasteiger partial charge in [-0.2, -0.15) is 10.2 Å². The second-order valence-electron chi connectivity index (χ2n) is 15.5. The van der Waals surface area contributed by atoms with Crippen molar-refractivity contribution in [3.05, 3.63) is 189 Å². The smallest absolute Gasteiger partial charge is 1.00 e. The Bertz CT molecular complexity index is 3680. The Morgan fingerprint density at radius 1 is 0.650 bits per heavy atom. The van der Waals surface area contributed by atoms with Crippen molar-refractivity contribution in [2.75, 3.05) is 8.61 Å². The van der Waals surface area contributed by atoms with Gasteiger partial charge in [0.05, 0.1) is 46.2 Å². The fourth-order valence-corrected chi connectivity index (χ4v) is 11.8. The Hall–Kier alpha value is -4.73. The molecular weight excluding hydrogens is 1210 g/mol. The Labute approximate surface area is 563 Å². The van der Waals surface area contributed by atoms with Crippen molar-refractivity contribution in [1.82, 2.24) is 44.6 Å². The molecule has 0 saturated carbocycles. The van der Waals surface area contributed by atoms with Gasteiger partial charge >= 0.3 is 103 Å². The molecule has 0 radical (unpaired) electrons. The molecule has 2 N–H and O–H groups in total. The summed E-state index contributed by atoms with van der Waals surface area (Å²) in [7, 11) is -10.4. The maximum Gasteiger partial charge on any atom is 1.00 e. The van der Waals surface area contributed by atoms with Crippen LogP contribution >= 0.6 is 34.8 Å². The van der Waals surface area contributed by atoms with E-state index >= 15 is 0 Å². The van der Waals surface area contributed by atoms with Crippen molar-refractivity contribution >= 4 is 83.2 Å². The third-order valence-electron chi connectivity index (χ3n) is 9.84. The fraction of sp³-hybridized carbons (Fsp3) is 0.143. The normalized spacial score (nSPS) is 13.5. The number of carbonyl (C=O) groups excluding carboxylic acids is 1. The van der Waals surface area contributed by atoms with E-state index in [0.717, 1.165) is 22.4 Å². The first-order valence-corrected chi connectivity index (χ1v) is 27.7. The molecule has 0 fully saturated rings. The number of fused-ring (bicyclic) bond motifs is 3. The van der Waals surface area contributed by atoms with Crippen LogP contribution in [0.3, 0.4) is 0 Å². The number of rotatable bonds is 5. The number of pyridine rings is 2. The van der Waals surface area contributed by atoms with E-state index in [9.17, 15) is 25.3 Å². The number of hydrogen-bond acceptors (Lipinski definition) is 20. The summed E-state index contributed by atoms with van der Waals surface area (Å²) < 4.78 is 83.1. The molecule has 0 aliphatic carbocycles. The Balaban J connectivity index is 0.000000354. The Kier molecular flexibility index (Phi) is 29.0. The molecule has 0 unspecified atom stereocenters. The van der Waals surface area contributed by atoms with Gasteiger partial charge in [0.15, 0.2) is 0 Å². The van der Waals surface area contributed by atoms with E-state index in [4.69, 9.17) is 60.0 Å². The van der Waals surface area contributed by atoms with Crippen LogP contribution in [0.2, 0.25) is 15.6 Å². The van der Waals surface area contributed by atoms with Crippen molar-refractivity contribution < 1.29 is 154 Å². The maximum absolute atomic E-state index is 12.8. The van der Waals surface area contributed by atoms with Crippen LogP contribution < -0.4 is 126 Å². The quantitative estimate of drug-likeness (QED) is 0.0612.